The molecule has 1 saturated heterocycles. The predicted molar refractivity (Wildman–Crippen MR) is 106 cm³/mol. The average molecular weight is 414 g/mol. The Morgan fingerprint density at radius 3 is 2.47 bits per heavy atom. The van der Waals surface area contributed by atoms with Gasteiger partial charge in [-0.05, 0) is 18.6 Å². The van der Waals surface area contributed by atoms with Crippen LogP contribution < -0.4 is 11.2 Å². The van der Waals surface area contributed by atoms with E-state index >= 15 is 0 Å². The molecule has 1 aliphatic heterocycles. The van der Waals surface area contributed by atoms with E-state index in [1.807, 2.05) is 30.3 Å². The molecule has 0 radical (unpaired) electrons. The SMILES string of the molecule is O=c1ccn(C2OC(CCO)C(O)C2O)c(=O)n1Cc1ccc(-c2ccccc2)o1. The second-order valence-corrected chi connectivity index (χ2v) is 7.12. The number of aromatic nitrogens is 2. The molecule has 9 heteroatoms. The Labute approximate surface area is 171 Å². The molecule has 0 saturated carbocycles. The molecule has 1 aromatic carbocycles. The van der Waals surface area contributed by atoms with E-state index in [0.717, 1.165) is 14.7 Å². The van der Waals surface area contributed by atoms with Gasteiger partial charge in [-0.1, -0.05) is 30.3 Å². The molecule has 158 valence electrons. The Morgan fingerprint density at radius 1 is 0.967 bits per heavy atom. The highest BCUT2D eigenvalue weighted by Gasteiger charge is 2.43. The number of ether oxygens (including phenoxy) is 1. The molecule has 0 amide bonds. The third-order valence-corrected chi connectivity index (χ3v) is 5.15. The van der Waals surface area contributed by atoms with E-state index in [9.17, 15) is 19.8 Å². The first-order valence-corrected chi connectivity index (χ1v) is 9.58. The first kappa shape index (κ1) is 20.3. The van der Waals surface area contributed by atoms with Gasteiger partial charge in [0.2, 0.25) is 0 Å². The molecule has 0 bridgehead atoms. The van der Waals surface area contributed by atoms with Crippen LogP contribution in [0, 0.1) is 0 Å². The number of hydrogen-bond donors (Lipinski definition) is 3. The number of furan rings is 1. The molecule has 4 unspecified atom stereocenters. The summed E-state index contributed by atoms with van der Waals surface area (Å²) in [4.78, 5) is 25.3. The minimum atomic E-state index is -1.38. The highest BCUT2D eigenvalue weighted by molar-refractivity contribution is 5.57. The van der Waals surface area contributed by atoms with Gasteiger partial charge in [0.1, 0.15) is 23.7 Å². The molecule has 0 spiro atoms. The van der Waals surface area contributed by atoms with Crippen LogP contribution in [-0.4, -0.2) is 49.4 Å². The number of rotatable bonds is 6. The quantitative estimate of drug-likeness (QED) is 0.530. The summed E-state index contributed by atoms with van der Waals surface area (Å²) >= 11 is 0. The number of aliphatic hydroxyl groups is 3. The zero-order valence-corrected chi connectivity index (χ0v) is 16.0. The fourth-order valence-corrected chi connectivity index (χ4v) is 3.57. The van der Waals surface area contributed by atoms with Crippen LogP contribution >= 0.6 is 0 Å². The highest BCUT2D eigenvalue weighted by Crippen LogP contribution is 2.29. The van der Waals surface area contributed by atoms with Crippen molar-refractivity contribution in [3.8, 4) is 11.3 Å². The summed E-state index contributed by atoms with van der Waals surface area (Å²) in [5.74, 6) is 1.02. The summed E-state index contributed by atoms with van der Waals surface area (Å²) in [7, 11) is 0. The molecule has 9 nitrogen and oxygen atoms in total. The van der Waals surface area contributed by atoms with Crippen LogP contribution in [0.2, 0.25) is 0 Å². The minimum Gasteiger partial charge on any atom is -0.459 e. The molecule has 2 aromatic heterocycles. The number of hydrogen-bond acceptors (Lipinski definition) is 7. The second kappa shape index (κ2) is 8.41. The molecular formula is C21H22N2O7. The van der Waals surface area contributed by atoms with Crippen LogP contribution in [0.15, 0.2) is 68.7 Å². The fraction of sp³-hybridized carbons (Fsp3) is 0.333. The number of nitrogens with zero attached hydrogens (tertiary/aromatic N) is 2. The van der Waals surface area contributed by atoms with E-state index in [1.54, 1.807) is 12.1 Å². The van der Waals surface area contributed by atoms with Crippen LogP contribution in [0.25, 0.3) is 11.3 Å². The number of aliphatic hydroxyl groups excluding tert-OH is 3. The van der Waals surface area contributed by atoms with Crippen LogP contribution in [-0.2, 0) is 11.3 Å². The summed E-state index contributed by atoms with van der Waals surface area (Å²) in [6, 6.07) is 14.1. The topological polar surface area (TPSA) is 127 Å². The normalized spacial score (nSPS) is 23.7. The highest BCUT2D eigenvalue weighted by atomic mass is 16.6. The maximum atomic E-state index is 12.9. The summed E-state index contributed by atoms with van der Waals surface area (Å²) in [6.07, 6.45) is -3.29. The van der Waals surface area contributed by atoms with Gasteiger partial charge in [-0.2, -0.15) is 0 Å². The monoisotopic (exact) mass is 414 g/mol. The van der Waals surface area contributed by atoms with Gasteiger partial charge in [-0.25, -0.2) is 4.79 Å². The molecule has 4 rings (SSSR count). The predicted octanol–water partition coefficient (Wildman–Crippen LogP) is 0.320. The van der Waals surface area contributed by atoms with Crippen molar-refractivity contribution >= 4 is 0 Å². The third kappa shape index (κ3) is 3.75. The fourth-order valence-electron chi connectivity index (χ4n) is 3.57. The van der Waals surface area contributed by atoms with Crippen molar-refractivity contribution in [1.29, 1.82) is 0 Å². The van der Waals surface area contributed by atoms with Crippen molar-refractivity contribution in [2.75, 3.05) is 6.61 Å². The van der Waals surface area contributed by atoms with Gasteiger partial charge in [0, 0.05) is 24.4 Å². The average Bonchev–Trinajstić information content (AvgIpc) is 3.33. The van der Waals surface area contributed by atoms with Gasteiger partial charge >= 0.3 is 5.69 Å². The summed E-state index contributed by atoms with van der Waals surface area (Å²) in [5.41, 5.74) is -0.372. The lowest BCUT2D eigenvalue weighted by Crippen LogP contribution is -2.43. The summed E-state index contributed by atoms with van der Waals surface area (Å²) < 4.78 is 13.4. The van der Waals surface area contributed by atoms with Crippen LogP contribution in [0.1, 0.15) is 18.4 Å². The first-order valence-electron chi connectivity index (χ1n) is 9.58. The molecule has 4 atom stereocenters. The third-order valence-electron chi connectivity index (χ3n) is 5.15. The Morgan fingerprint density at radius 2 is 1.73 bits per heavy atom. The molecule has 3 N–H and O–H groups in total. The molecule has 3 heterocycles. The molecule has 30 heavy (non-hydrogen) atoms. The van der Waals surface area contributed by atoms with E-state index < -0.39 is 35.8 Å². The van der Waals surface area contributed by atoms with Gasteiger partial charge in [-0.15, -0.1) is 0 Å². The molecular weight excluding hydrogens is 392 g/mol. The Balaban J connectivity index is 1.62. The van der Waals surface area contributed by atoms with Crippen LogP contribution in [0.4, 0.5) is 0 Å². The zero-order chi connectivity index (χ0) is 21.3. The van der Waals surface area contributed by atoms with E-state index in [0.29, 0.717) is 11.5 Å². The van der Waals surface area contributed by atoms with Crippen molar-refractivity contribution in [3.05, 3.63) is 81.3 Å². The number of benzene rings is 1. The maximum absolute atomic E-state index is 12.9. The van der Waals surface area contributed by atoms with Gasteiger partial charge < -0.3 is 24.5 Å². The van der Waals surface area contributed by atoms with Crippen molar-refractivity contribution in [3.63, 3.8) is 0 Å². The second-order valence-electron chi connectivity index (χ2n) is 7.12. The lowest BCUT2D eigenvalue weighted by molar-refractivity contribution is -0.0458. The van der Waals surface area contributed by atoms with Gasteiger partial charge in [0.15, 0.2) is 6.23 Å². The molecule has 0 aliphatic carbocycles. The Kier molecular flexibility index (Phi) is 5.69. The lowest BCUT2D eigenvalue weighted by atomic mass is 10.1. The van der Waals surface area contributed by atoms with E-state index in [1.165, 1.54) is 12.3 Å². The van der Waals surface area contributed by atoms with Crippen molar-refractivity contribution in [2.45, 2.75) is 37.5 Å². The van der Waals surface area contributed by atoms with E-state index in [-0.39, 0.29) is 19.6 Å². The van der Waals surface area contributed by atoms with Gasteiger partial charge in [0.05, 0.1) is 12.6 Å². The van der Waals surface area contributed by atoms with Gasteiger partial charge in [0.25, 0.3) is 5.56 Å². The van der Waals surface area contributed by atoms with Crippen LogP contribution in [0.3, 0.4) is 0 Å². The Bertz CT molecular complexity index is 1120. The van der Waals surface area contributed by atoms with Crippen molar-refractivity contribution < 1.29 is 24.5 Å². The summed E-state index contributed by atoms with van der Waals surface area (Å²) in [6.45, 7) is -0.339. The maximum Gasteiger partial charge on any atom is 0.333 e. The van der Waals surface area contributed by atoms with Crippen molar-refractivity contribution in [2.24, 2.45) is 0 Å². The van der Waals surface area contributed by atoms with Crippen LogP contribution in [0.5, 0.6) is 0 Å². The van der Waals surface area contributed by atoms with Crippen molar-refractivity contribution in [1.82, 2.24) is 9.13 Å². The van der Waals surface area contributed by atoms with Gasteiger partial charge in [-0.3, -0.25) is 13.9 Å². The molecule has 3 aromatic rings. The molecule has 1 aliphatic rings. The minimum absolute atomic E-state index is 0.100. The zero-order valence-electron chi connectivity index (χ0n) is 16.0. The summed E-state index contributed by atoms with van der Waals surface area (Å²) in [5, 5.41) is 29.5. The van der Waals surface area contributed by atoms with E-state index in [2.05, 4.69) is 0 Å². The van der Waals surface area contributed by atoms with E-state index in [4.69, 9.17) is 14.3 Å². The molecule has 1 fully saturated rings. The largest absolute Gasteiger partial charge is 0.459 e. The standard InChI is InChI=1S/C21H22N2O7/c24-11-9-16-18(26)19(27)20(30-16)22-10-8-17(25)23(21(22)28)12-14-6-7-15(29-14)13-4-2-1-3-5-13/h1-8,10,16,18-20,24,26-27H,9,11-12H2. The smallest absolute Gasteiger partial charge is 0.333 e. The first-order chi connectivity index (χ1) is 14.5. The lowest BCUT2D eigenvalue weighted by Gasteiger charge is -2.18. The Hall–Kier alpha value is -2.98.